The van der Waals surface area contributed by atoms with Crippen LogP contribution in [0, 0.1) is 0 Å². The van der Waals surface area contributed by atoms with E-state index in [0.717, 1.165) is 5.56 Å². The van der Waals surface area contributed by atoms with Crippen molar-refractivity contribution in [3.63, 3.8) is 0 Å². The second kappa shape index (κ2) is 13.3. The summed E-state index contributed by atoms with van der Waals surface area (Å²) in [5, 5.41) is 0.382. The van der Waals surface area contributed by atoms with Gasteiger partial charge in [0.15, 0.2) is 0 Å². The monoisotopic (exact) mass is 652 g/mol. The van der Waals surface area contributed by atoms with Gasteiger partial charge < -0.3 is 13.6 Å². The first-order valence-electron chi connectivity index (χ1n) is 14.1. The van der Waals surface area contributed by atoms with Crippen molar-refractivity contribution in [1.29, 1.82) is 0 Å². The Labute approximate surface area is 253 Å². The second-order valence-electron chi connectivity index (χ2n) is 11.0. The molecule has 3 aromatic carbocycles. The number of para-hydroxylation sites is 1. The first kappa shape index (κ1) is 33.5. The Balaban J connectivity index is 1.92. The number of fused-ring (bicyclic) bond motifs is 3. The smallest absolute Gasteiger partial charge is 0.436 e. The molecule has 0 spiro atoms. The summed E-state index contributed by atoms with van der Waals surface area (Å²) in [5.41, 5.74) is 1.46. The number of hydrogen-bond acceptors (Lipinski definition) is 10. The lowest BCUT2D eigenvalue weighted by Gasteiger charge is -2.31. The molecule has 0 aromatic heterocycles. The Bertz CT molecular complexity index is 1560. The molecule has 0 N–H and O–H groups in total. The van der Waals surface area contributed by atoms with Crippen molar-refractivity contribution < 1.29 is 45.4 Å². The molecule has 3 aromatic rings. The summed E-state index contributed by atoms with van der Waals surface area (Å²) in [4.78, 5) is 0. The van der Waals surface area contributed by atoms with Crippen LogP contribution in [0.1, 0.15) is 55.4 Å². The molecule has 0 saturated heterocycles. The van der Waals surface area contributed by atoms with Gasteiger partial charge in [0.05, 0.1) is 35.0 Å². The molecule has 1 aliphatic heterocycles. The lowest BCUT2D eigenvalue weighted by atomic mass is 10.0. The summed E-state index contributed by atoms with van der Waals surface area (Å²) in [6.45, 7) is 13.6. The van der Waals surface area contributed by atoms with E-state index in [4.69, 9.17) is 31.7 Å². The average molecular weight is 653 g/mol. The number of benzene rings is 3. The third-order valence-corrected chi connectivity index (χ3v) is 11.7. The van der Waals surface area contributed by atoms with Gasteiger partial charge in [0.25, 0.3) is 0 Å². The molecule has 13 heteroatoms. The van der Waals surface area contributed by atoms with Gasteiger partial charge in [-0.15, -0.1) is 0 Å². The summed E-state index contributed by atoms with van der Waals surface area (Å²) in [6, 6.07) is 18.6. The topological polar surface area (TPSA) is 116 Å². The highest BCUT2D eigenvalue weighted by Crippen LogP contribution is 2.59. The van der Waals surface area contributed by atoms with E-state index in [1.165, 1.54) is 18.2 Å². The SMILES string of the molecule is CC(C)OP(=O)(Oc1ccc(OP(=O)(OC(C)C)OC(C)C)c(P2(=O)Oc3ccccc3-c3ccccc32)c1)OC(C)C. The molecule has 234 valence electrons. The van der Waals surface area contributed by atoms with Crippen LogP contribution in [0.4, 0.5) is 0 Å². The first-order chi connectivity index (χ1) is 20.1. The maximum atomic E-state index is 15.2. The van der Waals surface area contributed by atoms with Crippen LogP contribution < -0.4 is 24.2 Å². The van der Waals surface area contributed by atoms with Gasteiger partial charge in [-0.05, 0) is 91.3 Å². The fraction of sp³-hybridized carbons (Fsp3) is 0.400. The quantitative estimate of drug-likeness (QED) is 0.166. The Morgan fingerprint density at radius 1 is 0.605 bits per heavy atom. The van der Waals surface area contributed by atoms with Crippen molar-refractivity contribution in [2.24, 2.45) is 0 Å². The van der Waals surface area contributed by atoms with Crippen molar-refractivity contribution in [3.8, 4) is 28.4 Å². The van der Waals surface area contributed by atoms with E-state index in [0.29, 0.717) is 16.6 Å². The summed E-state index contributed by atoms with van der Waals surface area (Å²) >= 11 is 0. The molecule has 43 heavy (non-hydrogen) atoms. The highest BCUT2D eigenvalue weighted by molar-refractivity contribution is 7.75. The molecule has 0 amide bonds. The minimum Gasteiger partial charge on any atom is -0.436 e. The predicted molar refractivity (Wildman–Crippen MR) is 167 cm³/mol. The third kappa shape index (κ3) is 8.01. The van der Waals surface area contributed by atoms with E-state index in [-0.39, 0.29) is 16.8 Å². The Morgan fingerprint density at radius 3 is 1.65 bits per heavy atom. The standard InChI is InChI=1S/C30H39O10P3/c1-20(2)34-42(32,35-21(3)4)38-24-17-18-28(40-43(33,36-22(5)6)37-23(7)8)30(19-24)41(31)29-16-12-10-14-26(29)25-13-9-11-15-27(25)39-41/h9-23H,1-8H3. The average Bonchev–Trinajstić information content (AvgIpc) is 2.87. The van der Waals surface area contributed by atoms with E-state index in [9.17, 15) is 9.13 Å². The second-order valence-corrected chi connectivity index (χ2v) is 16.2. The lowest BCUT2D eigenvalue weighted by Crippen LogP contribution is -2.27. The van der Waals surface area contributed by atoms with Crippen LogP contribution in [-0.4, -0.2) is 24.4 Å². The van der Waals surface area contributed by atoms with Crippen LogP contribution in [0.2, 0.25) is 0 Å². The Morgan fingerprint density at radius 2 is 1.09 bits per heavy atom. The zero-order valence-corrected chi connectivity index (χ0v) is 28.3. The summed E-state index contributed by atoms with van der Waals surface area (Å²) in [6.07, 6.45) is -2.00. The largest absolute Gasteiger partial charge is 0.530 e. The minimum absolute atomic E-state index is 0.00605. The maximum absolute atomic E-state index is 15.2. The van der Waals surface area contributed by atoms with Crippen LogP contribution in [-0.2, 0) is 31.8 Å². The Kier molecular flexibility index (Phi) is 10.4. The Hall–Kier alpha value is -2.41. The highest BCUT2D eigenvalue weighted by Gasteiger charge is 2.43. The van der Waals surface area contributed by atoms with Crippen molar-refractivity contribution >= 4 is 33.6 Å². The molecule has 0 fully saturated rings. The zero-order chi connectivity index (χ0) is 31.6. The van der Waals surface area contributed by atoms with E-state index < -0.39 is 47.4 Å². The molecule has 1 heterocycles. The van der Waals surface area contributed by atoms with Crippen LogP contribution in [0.5, 0.6) is 17.2 Å². The molecule has 1 atom stereocenters. The van der Waals surface area contributed by atoms with Crippen LogP contribution in [0.15, 0.2) is 66.7 Å². The van der Waals surface area contributed by atoms with Gasteiger partial charge in [0, 0.05) is 5.56 Å². The van der Waals surface area contributed by atoms with Gasteiger partial charge in [-0.1, -0.05) is 36.4 Å². The fourth-order valence-electron chi connectivity index (χ4n) is 4.37. The van der Waals surface area contributed by atoms with Crippen molar-refractivity contribution in [3.05, 3.63) is 66.7 Å². The summed E-state index contributed by atoms with van der Waals surface area (Å²) < 4.78 is 83.0. The van der Waals surface area contributed by atoms with E-state index in [2.05, 4.69) is 0 Å². The van der Waals surface area contributed by atoms with Gasteiger partial charge in [-0.25, -0.2) is 9.13 Å². The zero-order valence-electron chi connectivity index (χ0n) is 25.6. The predicted octanol–water partition coefficient (Wildman–Crippen LogP) is 8.65. The minimum atomic E-state index is -4.23. The van der Waals surface area contributed by atoms with Gasteiger partial charge >= 0.3 is 23.0 Å². The number of phosphoric ester groups is 2. The molecule has 0 saturated carbocycles. The molecule has 0 bridgehead atoms. The highest BCUT2D eigenvalue weighted by atomic mass is 31.2. The lowest BCUT2D eigenvalue weighted by molar-refractivity contribution is 0.101. The van der Waals surface area contributed by atoms with Crippen molar-refractivity contribution in [1.82, 2.24) is 0 Å². The number of rotatable bonds is 13. The molecular formula is C30H39O10P3. The molecule has 4 rings (SSSR count). The van der Waals surface area contributed by atoms with E-state index in [1.54, 1.807) is 79.7 Å². The summed E-state index contributed by atoms with van der Waals surface area (Å²) in [7, 11) is -12.4. The number of phosphoric acid groups is 2. The fourth-order valence-corrected chi connectivity index (χ4v) is 9.95. The van der Waals surface area contributed by atoms with Crippen LogP contribution >= 0.6 is 23.0 Å². The van der Waals surface area contributed by atoms with Gasteiger partial charge in [0.2, 0.25) is 0 Å². The molecule has 0 aliphatic carbocycles. The maximum Gasteiger partial charge on any atom is 0.530 e. The van der Waals surface area contributed by atoms with Crippen molar-refractivity contribution in [2.75, 3.05) is 0 Å². The molecule has 10 nitrogen and oxygen atoms in total. The van der Waals surface area contributed by atoms with E-state index >= 15 is 4.57 Å². The van der Waals surface area contributed by atoms with Gasteiger partial charge in [-0.3, -0.25) is 22.7 Å². The molecule has 1 aliphatic rings. The third-order valence-electron chi connectivity index (χ3n) is 5.66. The molecule has 0 radical (unpaired) electrons. The molecular weight excluding hydrogens is 613 g/mol. The van der Waals surface area contributed by atoms with Crippen LogP contribution in [0.3, 0.4) is 0 Å². The summed E-state index contributed by atoms with van der Waals surface area (Å²) in [5.74, 6) is 0.309. The molecule has 1 unspecified atom stereocenters. The van der Waals surface area contributed by atoms with E-state index in [1.807, 2.05) is 24.3 Å². The van der Waals surface area contributed by atoms with Crippen molar-refractivity contribution in [2.45, 2.75) is 79.8 Å². The van der Waals surface area contributed by atoms with Crippen LogP contribution in [0.25, 0.3) is 11.1 Å². The first-order valence-corrected chi connectivity index (χ1v) is 18.6. The normalized spacial score (nSPS) is 16.7. The van der Waals surface area contributed by atoms with Gasteiger partial charge in [-0.2, -0.15) is 0 Å². The van der Waals surface area contributed by atoms with Gasteiger partial charge in [0.1, 0.15) is 17.2 Å². The number of hydrogen-bond donors (Lipinski definition) is 0.